The first-order valence-corrected chi connectivity index (χ1v) is 7.93. The zero-order valence-electron chi connectivity index (χ0n) is 11.5. The Bertz CT molecular complexity index is 331. The van der Waals surface area contributed by atoms with Crippen LogP contribution in [0.15, 0.2) is 18.3 Å². The van der Waals surface area contributed by atoms with Gasteiger partial charge >= 0.3 is 0 Å². The molecule has 1 heterocycles. The van der Waals surface area contributed by atoms with Crippen LogP contribution in [0.4, 0.5) is 5.82 Å². The van der Waals surface area contributed by atoms with Crippen molar-refractivity contribution in [2.24, 2.45) is 0 Å². The number of nitrogen functional groups attached to an aromatic ring is 1. The highest BCUT2D eigenvalue weighted by atomic mass is 32.2. The Morgan fingerprint density at radius 3 is 2.89 bits per heavy atom. The van der Waals surface area contributed by atoms with E-state index in [0.717, 1.165) is 30.7 Å². The summed E-state index contributed by atoms with van der Waals surface area (Å²) in [6, 6.07) is 4.53. The second-order valence-corrected chi connectivity index (χ2v) is 5.63. The van der Waals surface area contributed by atoms with Crippen LogP contribution in [-0.4, -0.2) is 29.1 Å². The van der Waals surface area contributed by atoms with Gasteiger partial charge in [0.1, 0.15) is 5.82 Å². The fourth-order valence-electron chi connectivity index (χ4n) is 1.80. The molecule has 4 heteroatoms. The molecular weight excluding hydrogens is 242 g/mol. The Morgan fingerprint density at radius 1 is 1.39 bits per heavy atom. The van der Waals surface area contributed by atoms with E-state index >= 15 is 0 Å². The number of nitrogens with zero attached hydrogens (tertiary/aromatic N) is 1. The number of aromatic nitrogens is 1. The van der Waals surface area contributed by atoms with E-state index in [1.807, 2.05) is 17.8 Å². The van der Waals surface area contributed by atoms with Gasteiger partial charge in [-0.2, -0.15) is 11.8 Å². The normalized spacial score (nSPS) is 12.6. The lowest BCUT2D eigenvalue weighted by atomic mass is 10.1. The second kappa shape index (κ2) is 9.22. The summed E-state index contributed by atoms with van der Waals surface area (Å²) >= 11 is 2.01. The van der Waals surface area contributed by atoms with E-state index in [-0.39, 0.29) is 0 Å². The van der Waals surface area contributed by atoms with Crippen LogP contribution >= 0.6 is 11.8 Å². The molecule has 0 fully saturated rings. The summed E-state index contributed by atoms with van der Waals surface area (Å²) in [6.45, 7) is 5.49. The van der Waals surface area contributed by atoms with Crippen molar-refractivity contribution >= 4 is 17.6 Å². The predicted molar refractivity (Wildman–Crippen MR) is 82.1 cm³/mol. The number of rotatable bonds is 9. The summed E-state index contributed by atoms with van der Waals surface area (Å²) in [5.41, 5.74) is 7.06. The molecule has 0 saturated carbocycles. The number of hydrogen-bond acceptors (Lipinski definition) is 4. The number of pyridine rings is 1. The average Bonchev–Trinajstić information content (AvgIpc) is 2.38. The van der Waals surface area contributed by atoms with Crippen LogP contribution in [0.3, 0.4) is 0 Å². The zero-order chi connectivity index (χ0) is 13.2. The molecular formula is C14H25N3S. The molecule has 1 aromatic heterocycles. The van der Waals surface area contributed by atoms with Crippen LogP contribution < -0.4 is 11.1 Å². The first kappa shape index (κ1) is 15.3. The number of anilines is 1. The summed E-state index contributed by atoms with van der Waals surface area (Å²) in [5, 5.41) is 3.60. The fourth-order valence-corrected chi connectivity index (χ4v) is 2.77. The molecule has 0 radical (unpaired) electrons. The van der Waals surface area contributed by atoms with Crippen molar-refractivity contribution in [2.45, 2.75) is 39.2 Å². The van der Waals surface area contributed by atoms with E-state index in [4.69, 9.17) is 5.73 Å². The Balaban J connectivity index is 2.51. The molecule has 0 saturated heterocycles. The van der Waals surface area contributed by atoms with Crippen molar-refractivity contribution < 1.29 is 0 Å². The van der Waals surface area contributed by atoms with Gasteiger partial charge in [-0.05, 0) is 43.2 Å². The standard InChI is InChI=1S/C14H25N3S/c1-3-7-16-13(11-18-9-4-2)10-12-6-5-8-17-14(12)15/h5-6,8,13,16H,3-4,7,9-11H2,1-2H3,(H2,15,17). The van der Waals surface area contributed by atoms with Gasteiger partial charge < -0.3 is 11.1 Å². The second-order valence-electron chi connectivity index (χ2n) is 4.48. The van der Waals surface area contributed by atoms with Gasteiger partial charge in [0.15, 0.2) is 0 Å². The molecule has 1 atom stereocenters. The van der Waals surface area contributed by atoms with Gasteiger partial charge in [0.25, 0.3) is 0 Å². The van der Waals surface area contributed by atoms with E-state index in [0.29, 0.717) is 11.9 Å². The summed E-state index contributed by atoms with van der Waals surface area (Å²) in [4.78, 5) is 4.15. The molecule has 1 aromatic rings. The summed E-state index contributed by atoms with van der Waals surface area (Å²) < 4.78 is 0. The molecule has 102 valence electrons. The molecule has 0 aliphatic rings. The minimum absolute atomic E-state index is 0.494. The summed E-state index contributed by atoms with van der Waals surface area (Å²) in [7, 11) is 0. The molecule has 0 amide bonds. The van der Waals surface area contributed by atoms with Gasteiger partial charge in [-0.1, -0.05) is 19.9 Å². The third kappa shape index (κ3) is 5.74. The molecule has 0 aliphatic carbocycles. The van der Waals surface area contributed by atoms with Crippen molar-refractivity contribution in [3.63, 3.8) is 0 Å². The lowest BCUT2D eigenvalue weighted by Gasteiger charge is -2.18. The van der Waals surface area contributed by atoms with Gasteiger partial charge in [0, 0.05) is 18.0 Å². The number of thioether (sulfide) groups is 1. The predicted octanol–water partition coefficient (Wildman–Crippen LogP) is 2.72. The number of nitrogens with two attached hydrogens (primary N) is 1. The Morgan fingerprint density at radius 2 is 2.22 bits per heavy atom. The largest absolute Gasteiger partial charge is 0.383 e. The van der Waals surface area contributed by atoms with Crippen molar-refractivity contribution in [3.05, 3.63) is 23.9 Å². The quantitative estimate of drug-likeness (QED) is 0.676. The van der Waals surface area contributed by atoms with E-state index in [1.54, 1.807) is 6.20 Å². The lowest BCUT2D eigenvalue weighted by molar-refractivity contribution is 0.550. The number of nitrogens with one attached hydrogen (secondary N) is 1. The molecule has 0 aliphatic heterocycles. The molecule has 0 aromatic carbocycles. The molecule has 3 N–H and O–H groups in total. The first-order chi connectivity index (χ1) is 8.77. The van der Waals surface area contributed by atoms with Crippen LogP contribution in [0.5, 0.6) is 0 Å². The van der Waals surface area contributed by atoms with Crippen LogP contribution in [0, 0.1) is 0 Å². The highest BCUT2D eigenvalue weighted by Crippen LogP contribution is 2.13. The maximum Gasteiger partial charge on any atom is 0.126 e. The Labute approximate surface area is 115 Å². The first-order valence-electron chi connectivity index (χ1n) is 6.78. The van der Waals surface area contributed by atoms with Crippen LogP contribution in [0.1, 0.15) is 32.3 Å². The Kier molecular flexibility index (Phi) is 7.85. The SMILES string of the molecule is CCCNC(CSCCC)Cc1cccnc1N. The molecule has 0 bridgehead atoms. The van der Waals surface area contributed by atoms with Crippen LogP contribution in [0.2, 0.25) is 0 Å². The van der Waals surface area contributed by atoms with E-state index < -0.39 is 0 Å². The van der Waals surface area contributed by atoms with Crippen molar-refractivity contribution in [1.82, 2.24) is 10.3 Å². The highest BCUT2D eigenvalue weighted by molar-refractivity contribution is 7.99. The topological polar surface area (TPSA) is 50.9 Å². The molecule has 3 nitrogen and oxygen atoms in total. The van der Waals surface area contributed by atoms with Gasteiger partial charge in [-0.3, -0.25) is 0 Å². The zero-order valence-corrected chi connectivity index (χ0v) is 12.3. The fraction of sp³-hybridized carbons (Fsp3) is 0.643. The smallest absolute Gasteiger partial charge is 0.126 e. The van der Waals surface area contributed by atoms with Gasteiger partial charge in [0.2, 0.25) is 0 Å². The summed E-state index contributed by atoms with van der Waals surface area (Å²) in [5.74, 6) is 3.04. The van der Waals surface area contributed by atoms with E-state index in [9.17, 15) is 0 Å². The lowest BCUT2D eigenvalue weighted by Crippen LogP contribution is -2.34. The maximum atomic E-state index is 5.91. The molecule has 1 rings (SSSR count). The molecule has 18 heavy (non-hydrogen) atoms. The van der Waals surface area contributed by atoms with Crippen molar-refractivity contribution in [2.75, 3.05) is 23.8 Å². The minimum atomic E-state index is 0.494. The summed E-state index contributed by atoms with van der Waals surface area (Å²) in [6.07, 6.45) is 5.12. The third-order valence-corrected chi connectivity index (χ3v) is 4.08. The number of hydrogen-bond donors (Lipinski definition) is 2. The third-order valence-electron chi connectivity index (χ3n) is 2.74. The Hall–Kier alpha value is -0.740. The average molecular weight is 267 g/mol. The maximum absolute atomic E-state index is 5.91. The van der Waals surface area contributed by atoms with Gasteiger partial charge in [0.05, 0.1) is 0 Å². The van der Waals surface area contributed by atoms with Crippen molar-refractivity contribution in [1.29, 1.82) is 0 Å². The monoisotopic (exact) mass is 267 g/mol. The van der Waals surface area contributed by atoms with E-state index in [1.165, 1.54) is 12.2 Å². The van der Waals surface area contributed by atoms with E-state index in [2.05, 4.69) is 30.2 Å². The molecule has 0 spiro atoms. The minimum Gasteiger partial charge on any atom is -0.383 e. The van der Waals surface area contributed by atoms with Gasteiger partial charge in [-0.15, -0.1) is 0 Å². The van der Waals surface area contributed by atoms with Crippen LogP contribution in [0.25, 0.3) is 0 Å². The van der Waals surface area contributed by atoms with Crippen LogP contribution in [-0.2, 0) is 6.42 Å². The highest BCUT2D eigenvalue weighted by Gasteiger charge is 2.10. The van der Waals surface area contributed by atoms with Gasteiger partial charge in [-0.25, -0.2) is 4.98 Å². The van der Waals surface area contributed by atoms with Crippen molar-refractivity contribution in [3.8, 4) is 0 Å². The molecule has 1 unspecified atom stereocenters.